The summed E-state index contributed by atoms with van der Waals surface area (Å²) in [5.74, 6) is 0. The van der Waals surface area contributed by atoms with Crippen LogP contribution in [0, 0.1) is 6.92 Å². The van der Waals surface area contributed by atoms with Crippen molar-refractivity contribution in [2.45, 2.75) is 19.4 Å². The van der Waals surface area contributed by atoms with Crippen molar-refractivity contribution in [3.63, 3.8) is 0 Å². The molecule has 1 unspecified atom stereocenters. The van der Waals surface area contributed by atoms with Crippen LogP contribution in [0.4, 0.5) is 0 Å². The summed E-state index contributed by atoms with van der Waals surface area (Å²) in [6.45, 7) is 2.05. The molecule has 0 bridgehead atoms. The summed E-state index contributed by atoms with van der Waals surface area (Å²) < 4.78 is 0.977. The summed E-state index contributed by atoms with van der Waals surface area (Å²) in [5, 5.41) is 0. The van der Waals surface area contributed by atoms with Gasteiger partial charge in [-0.05, 0) is 58.1 Å². The Kier molecular flexibility index (Phi) is 3.86. The fourth-order valence-corrected chi connectivity index (χ4v) is 2.21. The maximum atomic E-state index is 6.19. The molecule has 3 nitrogen and oxygen atoms in total. The zero-order valence-electron chi connectivity index (χ0n) is 9.60. The van der Waals surface area contributed by atoms with Gasteiger partial charge in [0.1, 0.15) is 0 Å². The first-order chi connectivity index (χ1) is 8.16. The fraction of sp³-hybridized carbons (Fsp3) is 0.231. The van der Waals surface area contributed by atoms with Crippen molar-refractivity contribution in [1.29, 1.82) is 0 Å². The van der Waals surface area contributed by atoms with Crippen molar-refractivity contribution in [2.24, 2.45) is 5.73 Å². The number of hydrogen-bond acceptors (Lipinski definition) is 3. The van der Waals surface area contributed by atoms with Crippen LogP contribution in [0.3, 0.4) is 0 Å². The Balaban J connectivity index is 2.17. The third kappa shape index (κ3) is 3.11. The molecule has 2 N–H and O–H groups in total. The molecule has 0 amide bonds. The number of hydrogen-bond donors (Lipinski definition) is 1. The highest BCUT2D eigenvalue weighted by Gasteiger charge is 2.10. The zero-order valence-corrected chi connectivity index (χ0v) is 11.2. The minimum absolute atomic E-state index is 0.0419. The molecule has 2 heterocycles. The van der Waals surface area contributed by atoms with Crippen LogP contribution in [-0.2, 0) is 6.42 Å². The van der Waals surface area contributed by atoms with E-state index in [1.165, 1.54) is 5.56 Å². The highest BCUT2D eigenvalue weighted by molar-refractivity contribution is 9.10. The molecule has 1 atom stereocenters. The van der Waals surface area contributed by atoms with Gasteiger partial charge in [0.05, 0.1) is 0 Å². The van der Waals surface area contributed by atoms with Gasteiger partial charge in [0.25, 0.3) is 0 Å². The summed E-state index contributed by atoms with van der Waals surface area (Å²) in [6.07, 6.45) is 8.00. The van der Waals surface area contributed by atoms with Crippen molar-refractivity contribution in [1.82, 2.24) is 9.97 Å². The molecule has 0 spiro atoms. The zero-order chi connectivity index (χ0) is 12.3. The number of pyridine rings is 2. The van der Waals surface area contributed by atoms with E-state index in [0.29, 0.717) is 0 Å². The van der Waals surface area contributed by atoms with Crippen LogP contribution >= 0.6 is 15.9 Å². The normalized spacial score (nSPS) is 12.4. The van der Waals surface area contributed by atoms with Gasteiger partial charge in [-0.15, -0.1) is 0 Å². The van der Waals surface area contributed by atoms with E-state index in [9.17, 15) is 0 Å². The van der Waals surface area contributed by atoms with E-state index in [1.807, 2.05) is 24.5 Å². The number of rotatable bonds is 3. The minimum atomic E-state index is -0.0419. The van der Waals surface area contributed by atoms with E-state index in [2.05, 4.69) is 32.8 Å². The number of nitrogens with zero attached hydrogens (tertiary/aromatic N) is 2. The van der Waals surface area contributed by atoms with Gasteiger partial charge in [-0.1, -0.05) is 0 Å². The third-order valence-corrected chi connectivity index (χ3v) is 3.13. The second kappa shape index (κ2) is 5.38. The quantitative estimate of drug-likeness (QED) is 0.946. The van der Waals surface area contributed by atoms with Crippen molar-refractivity contribution < 1.29 is 0 Å². The first kappa shape index (κ1) is 12.2. The van der Waals surface area contributed by atoms with Crippen LogP contribution in [-0.4, -0.2) is 9.97 Å². The molecule has 2 aromatic heterocycles. The Bertz CT molecular complexity index is 514. The standard InChI is InChI=1S/C13H14BrN3/c1-9-2-3-16-8-12(9)13(15)5-10-4-11(14)7-17-6-10/h2-4,6-8,13H,5,15H2,1H3. The lowest BCUT2D eigenvalue weighted by molar-refractivity contribution is 0.710. The van der Waals surface area contributed by atoms with E-state index in [1.54, 1.807) is 12.4 Å². The predicted octanol–water partition coefficient (Wildman–Crippen LogP) is 2.79. The SMILES string of the molecule is Cc1ccncc1C(N)Cc1cncc(Br)c1. The smallest absolute Gasteiger partial charge is 0.0410 e. The second-order valence-corrected chi connectivity index (χ2v) is 4.97. The maximum Gasteiger partial charge on any atom is 0.0410 e. The van der Waals surface area contributed by atoms with Gasteiger partial charge in [-0.2, -0.15) is 0 Å². The summed E-state index contributed by atoms with van der Waals surface area (Å²) in [5.41, 5.74) is 9.58. The Labute approximate surface area is 109 Å². The summed E-state index contributed by atoms with van der Waals surface area (Å²) in [6, 6.07) is 3.98. The van der Waals surface area contributed by atoms with E-state index in [4.69, 9.17) is 5.73 Å². The first-order valence-corrected chi connectivity index (χ1v) is 6.21. The van der Waals surface area contributed by atoms with Crippen LogP contribution in [0.1, 0.15) is 22.7 Å². The molecule has 0 aromatic carbocycles. The van der Waals surface area contributed by atoms with Gasteiger partial charge >= 0.3 is 0 Å². The molecule has 2 aromatic rings. The first-order valence-electron chi connectivity index (χ1n) is 5.42. The number of aromatic nitrogens is 2. The molecule has 0 fully saturated rings. The highest BCUT2D eigenvalue weighted by Crippen LogP contribution is 2.19. The number of aryl methyl sites for hydroxylation is 1. The molecule has 0 aliphatic carbocycles. The predicted molar refractivity (Wildman–Crippen MR) is 71.5 cm³/mol. The Hall–Kier alpha value is -1.26. The van der Waals surface area contributed by atoms with Crippen LogP contribution in [0.25, 0.3) is 0 Å². The Morgan fingerprint density at radius 3 is 2.82 bits per heavy atom. The van der Waals surface area contributed by atoms with Gasteiger partial charge < -0.3 is 5.73 Å². The van der Waals surface area contributed by atoms with Crippen LogP contribution in [0.5, 0.6) is 0 Å². The van der Waals surface area contributed by atoms with E-state index < -0.39 is 0 Å². The maximum absolute atomic E-state index is 6.19. The van der Waals surface area contributed by atoms with Gasteiger partial charge in [0.2, 0.25) is 0 Å². The third-order valence-electron chi connectivity index (χ3n) is 2.70. The molecule has 0 saturated heterocycles. The van der Waals surface area contributed by atoms with Crippen molar-refractivity contribution in [3.8, 4) is 0 Å². The molecule has 88 valence electrons. The lowest BCUT2D eigenvalue weighted by Crippen LogP contribution is -2.15. The molecule has 17 heavy (non-hydrogen) atoms. The van der Waals surface area contributed by atoms with Crippen molar-refractivity contribution in [2.75, 3.05) is 0 Å². The van der Waals surface area contributed by atoms with Crippen LogP contribution in [0.2, 0.25) is 0 Å². The average molecular weight is 292 g/mol. The van der Waals surface area contributed by atoms with Crippen LogP contribution in [0.15, 0.2) is 41.4 Å². The molecule has 0 radical (unpaired) electrons. The molecule has 2 rings (SSSR count). The number of nitrogens with two attached hydrogens (primary N) is 1. The van der Waals surface area contributed by atoms with Gasteiger partial charge in [-0.3, -0.25) is 9.97 Å². The number of halogens is 1. The largest absolute Gasteiger partial charge is 0.324 e. The molecule has 0 aliphatic rings. The fourth-order valence-electron chi connectivity index (χ4n) is 1.80. The Morgan fingerprint density at radius 1 is 1.29 bits per heavy atom. The lowest BCUT2D eigenvalue weighted by Gasteiger charge is -2.14. The van der Waals surface area contributed by atoms with Gasteiger partial charge in [0.15, 0.2) is 0 Å². The molecule has 4 heteroatoms. The van der Waals surface area contributed by atoms with E-state index in [-0.39, 0.29) is 6.04 Å². The molecule has 0 aliphatic heterocycles. The summed E-state index contributed by atoms with van der Waals surface area (Å²) >= 11 is 3.41. The average Bonchev–Trinajstić information content (AvgIpc) is 2.29. The lowest BCUT2D eigenvalue weighted by atomic mass is 9.99. The van der Waals surface area contributed by atoms with E-state index >= 15 is 0 Å². The highest BCUT2D eigenvalue weighted by atomic mass is 79.9. The molecular weight excluding hydrogens is 278 g/mol. The van der Waals surface area contributed by atoms with E-state index in [0.717, 1.165) is 22.0 Å². The second-order valence-electron chi connectivity index (χ2n) is 4.05. The monoisotopic (exact) mass is 291 g/mol. The summed E-state index contributed by atoms with van der Waals surface area (Å²) in [7, 11) is 0. The topological polar surface area (TPSA) is 51.8 Å². The van der Waals surface area contributed by atoms with Gasteiger partial charge in [0, 0.05) is 35.3 Å². The summed E-state index contributed by atoms with van der Waals surface area (Å²) in [4.78, 5) is 8.26. The van der Waals surface area contributed by atoms with Crippen molar-refractivity contribution in [3.05, 3.63) is 58.1 Å². The molecular formula is C13H14BrN3. The van der Waals surface area contributed by atoms with Crippen molar-refractivity contribution >= 4 is 15.9 Å². The Morgan fingerprint density at radius 2 is 2.12 bits per heavy atom. The van der Waals surface area contributed by atoms with Gasteiger partial charge in [-0.25, -0.2) is 0 Å². The minimum Gasteiger partial charge on any atom is -0.324 e. The van der Waals surface area contributed by atoms with Crippen LogP contribution < -0.4 is 5.73 Å². The molecule has 0 saturated carbocycles.